The number of unbranched alkanes of at least 4 members (excludes halogenated alkanes) is 1. The zero-order valence-corrected chi connectivity index (χ0v) is 22.1. The Morgan fingerprint density at radius 3 is 2.33 bits per heavy atom. The summed E-state index contributed by atoms with van der Waals surface area (Å²) in [5.41, 5.74) is 1.02. The van der Waals surface area contributed by atoms with Gasteiger partial charge in [-0.2, -0.15) is 0 Å². The molecule has 0 atom stereocenters. The maximum Gasteiger partial charge on any atom is 0.261 e. The maximum atomic E-state index is 12.4. The molecule has 0 unspecified atom stereocenters. The lowest BCUT2D eigenvalue weighted by molar-refractivity contribution is 0.00990. The van der Waals surface area contributed by atoms with Crippen molar-refractivity contribution in [1.29, 1.82) is 0 Å². The molecule has 33 heavy (non-hydrogen) atoms. The fraction of sp³-hybridized carbons (Fsp3) is 0.625. The molecule has 184 valence electrons. The van der Waals surface area contributed by atoms with Gasteiger partial charge < -0.3 is 19.7 Å². The first kappa shape index (κ1) is 27.5. The number of guanidine groups is 1. The van der Waals surface area contributed by atoms with E-state index < -0.39 is 0 Å². The van der Waals surface area contributed by atoms with Crippen LogP contribution in [-0.4, -0.2) is 86.7 Å². The number of benzene rings is 1. The Kier molecular flexibility index (Phi) is 12.1. The molecule has 2 heterocycles. The van der Waals surface area contributed by atoms with E-state index in [9.17, 15) is 9.59 Å². The molecular formula is C24H37IN4O4. The molecule has 0 bridgehead atoms. The van der Waals surface area contributed by atoms with E-state index in [1.807, 2.05) is 0 Å². The van der Waals surface area contributed by atoms with Crippen LogP contribution in [0.15, 0.2) is 29.3 Å². The molecule has 3 rings (SSSR count). The van der Waals surface area contributed by atoms with E-state index in [0.717, 1.165) is 70.9 Å². The van der Waals surface area contributed by atoms with Gasteiger partial charge in [0.1, 0.15) is 0 Å². The molecule has 2 amide bonds. The number of halogens is 1. The van der Waals surface area contributed by atoms with Gasteiger partial charge in [-0.25, -0.2) is 0 Å². The minimum atomic E-state index is -0.185. The van der Waals surface area contributed by atoms with Crippen molar-refractivity contribution in [3.05, 3.63) is 35.4 Å². The average molecular weight is 572 g/mol. The number of nitrogens with zero attached hydrogens (tertiary/aromatic N) is 3. The van der Waals surface area contributed by atoms with Crippen molar-refractivity contribution in [2.45, 2.75) is 45.1 Å². The number of ether oxygens (including phenoxy) is 2. The minimum absolute atomic E-state index is 0. The van der Waals surface area contributed by atoms with Crippen LogP contribution in [0.5, 0.6) is 0 Å². The summed E-state index contributed by atoms with van der Waals surface area (Å²) >= 11 is 0. The highest BCUT2D eigenvalue weighted by molar-refractivity contribution is 14.0. The maximum absolute atomic E-state index is 12.4. The number of carbonyl (C=O) groups excluding carboxylic acids is 2. The summed E-state index contributed by atoms with van der Waals surface area (Å²) in [7, 11) is 1.71. The molecule has 0 spiro atoms. The number of piperidine rings is 1. The van der Waals surface area contributed by atoms with E-state index in [2.05, 4.69) is 17.1 Å². The van der Waals surface area contributed by atoms with Crippen molar-refractivity contribution in [2.75, 3.05) is 53.0 Å². The number of fused-ring (bicyclic) bond motifs is 1. The Bertz CT molecular complexity index is 761. The average Bonchev–Trinajstić information content (AvgIpc) is 3.06. The van der Waals surface area contributed by atoms with Crippen LogP contribution in [0.3, 0.4) is 0 Å². The van der Waals surface area contributed by atoms with Crippen molar-refractivity contribution < 1.29 is 19.1 Å². The van der Waals surface area contributed by atoms with Gasteiger partial charge in [0.25, 0.3) is 11.8 Å². The number of aliphatic imine (C=N–C) groups is 1. The molecule has 1 fully saturated rings. The molecule has 1 N–H and O–H groups in total. The van der Waals surface area contributed by atoms with Crippen LogP contribution in [0, 0.1) is 0 Å². The fourth-order valence-electron chi connectivity index (χ4n) is 4.12. The van der Waals surface area contributed by atoms with E-state index in [1.54, 1.807) is 31.4 Å². The number of imide groups is 1. The summed E-state index contributed by atoms with van der Waals surface area (Å²) in [5.74, 6) is 0.565. The number of carbonyl (C=O) groups is 2. The van der Waals surface area contributed by atoms with Crippen LogP contribution in [0.1, 0.15) is 59.7 Å². The van der Waals surface area contributed by atoms with Crippen molar-refractivity contribution in [3.63, 3.8) is 0 Å². The van der Waals surface area contributed by atoms with Gasteiger partial charge in [0.05, 0.1) is 17.2 Å². The molecule has 0 aliphatic carbocycles. The van der Waals surface area contributed by atoms with Gasteiger partial charge in [0, 0.05) is 53.0 Å². The van der Waals surface area contributed by atoms with Crippen LogP contribution in [0.25, 0.3) is 0 Å². The van der Waals surface area contributed by atoms with Crippen LogP contribution in [0.4, 0.5) is 0 Å². The predicted octanol–water partition coefficient (Wildman–Crippen LogP) is 3.16. The van der Waals surface area contributed by atoms with Crippen molar-refractivity contribution in [1.82, 2.24) is 15.1 Å². The lowest BCUT2D eigenvalue weighted by Gasteiger charge is -2.34. The van der Waals surface area contributed by atoms with Gasteiger partial charge in [0.15, 0.2) is 5.96 Å². The fourth-order valence-corrected chi connectivity index (χ4v) is 4.12. The number of methoxy groups -OCH3 is 1. The summed E-state index contributed by atoms with van der Waals surface area (Å²) in [4.78, 5) is 33.3. The quantitative estimate of drug-likeness (QED) is 0.144. The summed E-state index contributed by atoms with van der Waals surface area (Å²) in [6, 6.07) is 7.02. The summed E-state index contributed by atoms with van der Waals surface area (Å²) in [5, 5.41) is 3.39. The van der Waals surface area contributed by atoms with E-state index in [-0.39, 0.29) is 35.8 Å². The molecule has 2 aliphatic rings. The topological polar surface area (TPSA) is 83.5 Å². The molecule has 0 radical (unpaired) electrons. The molecule has 1 saturated heterocycles. The SMILES string of the molecule is CCNC(=NCCCCN1C(=O)c2ccccc2C1=O)N1CCC(OCCCOC)CC1.I. The Morgan fingerprint density at radius 1 is 1.06 bits per heavy atom. The predicted molar refractivity (Wildman–Crippen MR) is 139 cm³/mol. The second kappa shape index (κ2) is 14.5. The first-order valence-electron chi connectivity index (χ1n) is 11.7. The summed E-state index contributed by atoms with van der Waals surface area (Å²) in [6.45, 7) is 7.34. The van der Waals surface area contributed by atoms with Gasteiger partial charge in [-0.3, -0.25) is 19.5 Å². The first-order valence-corrected chi connectivity index (χ1v) is 11.7. The van der Waals surface area contributed by atoms with Crippen molar-refractivity contribution in [3.8, 4) is 0 Å². The lowest BCUT2D eigenvalue weighted by Crippen LogP contribution is -2.47. The van der Waals surface area contributed by atoms with Crippen molar-refractivity contribution in [2.24, 2.45) is 4.99 Å². The molecule has 0 saturated carbocycles. The van der Waals surface area contributed by atoms with Gasteiger partial charge >= 0.3 is 0 Å². The van der Waals surface area contributed by atoms with E-state index in [1.165, 1.54) is 4.90 Å². The highest BCUT2D eigenvalue weighted by Gasteiger charge is 2.34. The van der Waals surface area contributed by atoms with E-state index in [4.69, 9.17) is 14.5 Å². The third-order valence-corrected chi connectivity index (χ3v) is 5.85. The molecule has 1 aromatic carbocycles. The van der Waals surface area contributed by atoms with E-state index in [0.29, 0.717) is 30.3 Å². The number of likely N-dealkylation sites (tertiary alicyclic amines) is 1. The van der Waals surface area contributed by atoms with Crippen LogP contribution in [0.2, 0.25) is 0 Å². The third kappa shape index (κ3) is 7.65. The standard InChI is InChI=1S/C24H36N4O4.HI/c1-3-25-24(27-15-11-19(12-16-27)32-18-8-17-31-2)26-13-6-7-14-28-22(29)20-9-4-5-10-21(20)23(28)30;/h4-5,9-10,19H,3,6-8,11-18H2,1-2H3,(H,25,26);1H. The second-order valence-electron chi connectivity index (χ2n) is 8.15. The Labute approximate surface area is 214 Å². The lowest BCUT2D eigenvalue weighted by atomic mass is 10.1. The normalized spacial score (nSPS) is 16.7. The molecule has 0 aromatic heterocycles. The Hall–Kier alpha value is -1.72. The highest BCUT2D eigenvalue weighted by atomic mass is 127. The largest absolute Gasteiger partial charge is 0.385 e. The minimum Gasteiger partial charge on any atom is -0.385 e. The molecule has 2 aliphatic heterocycles. The van der Waals surface area contributed by atoms with E-state index >= 15 is 0 Å². The van der Waals surface area contributed by atoms with Gasteiger partial charge in [0.2, 0.25) is 0 Å². The van der Waals surface area contributed by atoms with Gasteiger partial charge in [-0.1, -0.05) is 12.1 Å². The third-order valence-electron chi connectivity index (χ3n) is 5.85. The summed E-state index contributed by atoms with van der Waals surface area (Å²) < 4.78 is 11.0. The Morgan fingerprint density at radius 2 is 1.73 bits per heavy atom. The monoisotopic (exact) mass is 572 g/mol. The molecule has 1 aromatic rings. The molecule has 9 heteroatoms. The number of hydrogen-bond acceptors (Lipinski definition) is 5. The zero-order valence-electron chi connectivity index (χ0n) is 19.8. The highest BCUT2D eigenvalue weighted by Crippen LogP contribution is 2.22. The number of amides is 2. The van der Waals surface area contributed by atoms with Crippen LogP contribution < -0.4 is 5.32 Å². The smallest absolute Gasteiger partial charge is 0.261 e. The van der Waals surface area contributed by atoms with Gasteiger partial charge in [-0.15, -0.1) is 24.0 Å². The number of hydrogen-bond donors (Lipinski definition) is 1. The summed E-state index contributed by atoms with van der Waals surface area (Å²) in [6.07, 6.45) is 4.80. The Balaban J connectivity index is 0.00000385. The van der Waals surface area contributed by atoms with Crippen LogP contribution >= 0.6 is 24.0 Å². The first-order chi connectivity index (χ1) is 15.7. The number of nitrogens with one attached hydrogen (secondary N) is 1. The van der Waals surface area contributed by atoms with Gasteiger partial charge in [-0.05, 0) is 51.2 Å². The van der Waals surface area contributed by atoms with Crippen LogP contribution in [-0.2, 0) is 9.47 Å². The molecular weight excluding hydrogens is 535 g/mol. The zero-order chi connectivity index (χ0) is 22.8. The second-order valence-corrected chi connectivity index (χ2v) is 8.15. The van der Waals surface area contributed by atoms with Crippen molar-refractivity contribution >= 4 is 41.8 Å². The molecule has 8 nitrogen and oxygen atoms in total. The number of rotatable bonds is 11.